The predicted molar refractivity (Wildman–Crippen MR) is 170 cm³/mol. The molecule has 44 heavy (non-hydrogen) atoms. The van der Waals surface area contributed by atoms with E-state index in [1.807, 2.05) is 62.4 Å². The number of amides is 2. The number of carbonyl (C=O) groups excluding carboxylic acids is 2. The predicted octanol–water partition coefficient (Wildman–Crippen LogP) is 5.61. The van der Waals surface area contributed by atoms with Crippen LogP contribution in [0.1, 0.15) is 61.8 Å². The lowest BCUT2D eigenvalue weighted by Gasteiger charge is -2.31. The minimum absolute atomic E-state index is 0.143. The minimum Gasteiger partial charge on any atom is -0.508 e. The second kappa shape index (κ2) is 14.0. The largest absolute Gasteiger partial charge is 0.508 e. The number of rotatable bonds is 13. The second-order valence-electron chi connectivity index (χ2n) is 11.6. The second-order valence-corrected chi connectivity index (χ2v) is 11.6. The van der Waals surface area contributed by atoms with E-state index in [0.29, 0.717) is 12.8 Å². The molecule has 4 aromatic carbocycles. The van der Waals surface area contributed by atoms with E-state index in [4.69, 9.17) is 0 Å². The molecule has 0 aromatic heterocycles. The summed E-state index contributed by atoms with van der Waals surface area (Å²) < 4.78 is 0. The van der Waals surface area contributed by atoms with Gasteiger partial charge in [0.1, 0.15) is 23.0 Å². The quantitative estimate of drug-likeness (QED) is 0.111. The molecule has 0 fully saturated rings. The van der Waals surface area contributed by atoms with Gasteiger partial charge in [-0.2, -0.15) is 0 Å². The Morgan fingerprint density at radius 3 is 0.932 bits per heavy atom. The lowest BCUT2D eigenvalue weighted by atomic mass is 9.73. The lowest BCUT2D eigenvalue weighted by Crippen LogP contribution is -2.36. The molecule has 0 bridgehead atoms. The molecule has 8 nitrogen and oxygen atoms in total. The smallest absolute Gasteiger partial charge is 0.220 e. The van der Waals surface area contributed by atoms with Crippen molar-refractivity contribution in [3.63, 3.8) is 0 Å². The van der Waals surface area contributed by atoms with Crippen molar-refractivity contribution in [2.45, 2.75) is 50.4 Å². The Bertz CT molecular complexity index is 1320. The van der Waals surface area contributed by atoms with E-state index in [2.05, 4.69) is 10.6 Å². The zero-order chi connectivity index (χ0) is 31.7. The van der Waals surface area contributed by atoms with Gasteiger partial charge in [0.2, 0.25) is 11.8 Å². The van der Waals surface area contributed by atoms with Crippen molar-refractivity contribution in [3.8, 4) is 23.0 Å². The number of hydrogen-bond acceptors (Lipinski definition) is 6. The van der Waals surface area contributed by atoms with Gasteiger partial charge in [-0.05, 0) is 83.6 Å². The summed E-state index contributed by atoms with van der Waals surface area (Å²) in [5.41, 5.74) is 2.68. The molecule has 0 atom stereocenters. The fraction of sp³-hybridized carbons (Fsp3) is 0.278. The molecule has 0 unspecified atom stereocenters. The molecule has 0 saturated carbocycles. The minimum atomic E-state index is -0.533. The highest BCUT2D eigenvalue weighted by Gasteiger charge is 2.31. The van der Waals surface area contributed by atoms with Crippen LogP contribution in [0.2, 0.25) is 0 Å². The first kappa shape index (κ1) is 31.9. The van der Waals surface area contributed by atoms with E-state index in [1.165, 1.54) is 0 Å². The van der Waals surface area contributed by atoms with Gasteiger partial charge in [0.15, 0.2) is 0 Å². The molecule has 0 aliphatic heterocycles. The molecule has 8 heteroatoms. The Kier molecular flexibility index (Phi) is 10.2. The van der Waals surface area contributed by atoms with E-state index in [0.717, 1.165) is 22.3 Å². The van der Waals surface area contributed by atoms with Crippen molar-refractivity contribution in [2.75, 3.05) is 13.1 Å². The lowest BCUT2D eigenvalue weighted by molar-refractivity contribution is -0.123. The molecule has 4 rings (SSSR count). The number of carbonyl (C=O) groups is 2. The Labute approximate surface area is 258 Å². The molecule has 0 heterocycles. The molecule has 0 spiro atoms. The summed E-state index contributed by atoms with van der Waals surface area (Å²) in [5.74, 6) is 0.350. The molecule has 0 saturated heterocycles. The number of hydrogen-bond donors (Lipinski definition) is 6. The van der Waals surface area contributed by atoms with Crippen molar-refractivity contribution in [1.29, 1.82) is 0 Å². The fourth-order valence-corrected chi connectivity index (χ4v) is 5.54. The zero-order valence-corrected chi connectivity index (χ0v) is 25.1. The third kappa shape index (κ3) is 7.89. The number of phenols is 4. The normalized spacial score (nSPS) is 11.6. The zero-order valence-electron chi connectivity index (χ0n) is 25.1. The van der Waals surface area contributed by atoms with Crippen molar-refractivity contribution in [3.05, 3.63) is 119 Å². The summed E-state index contributed by atoms with van der Waals surface area (Å²) in [5, 5.41) is 44.8. The summed E-state index contributed by atoms with van der Waals surface area (Å²) in [6, 6.07) is 27.7. The number of phenolic OH excluding ortho intramolecular Hbond substituents is 4. The summed E-state index contributed by atoms with van der Waals surface area (Å²) in [4.78, 5) is 25.6. The molecular formula is C36H40N2O6. The molecule has 230 valence electrons. The van der Waals surface area contributed by atoms with Crippen LogP contribution in [-0.2, 0) is 20.4 Å². The fourth-order valence-electron chi connectivity index (χ4n) is 5.54. The summed E-state index contributed by atoms with van der Waals surface area (Å²) in [6.07, 6.45) is 1.47. The molecule has 6 N–H and O–H groups in total. The third-order valence-corrected chi connectivity index (χ3v) is 8.49. The molecule has 2 amide bonds. The van der Waals surface area contributed by atoms with Gasteiger partial charge >= 0.3 is 0 Å². The highest BCUT2D eigenvalue weighted by molar-refractivity contribution is 5.77. The topological polar surface area (TPSA) is 139 Å². The maximum Gasteiger partial charge on any atom is 0.220 e. The Balaban J connectivity index is 1.29. The molecule has 0 radical (unpaired) electrons. The van der Waals surface area contributed by atoms with Crippen molar-refractivity contribution in [1.82, 2.24) is 10.6 Å². The van der Waals surface area contributed by atoms with Crippen LogP contribution in [0.4, 0.5) is 0 Å². The number of benzene rings is 4. The van der Waals surface area contributed by atoms with E-state index in [1.54, 1.807) is 48.5 Å². The van der Waals surface area contributed by atoms with Crippen LogP contribution in [0, 0.1) is 0 Å². The van der Waals surface area contributed by atoms with Crippen LogP contribution in [-0.4, -0.2) is 45.3 Å². The molecule has 0 aliphatic carbocycles. The first-order valence-electron chi connectivity index (χ1n) is 14.7. The SMILES string of the molecule is CC(CCC(=O)NCCNC(=O)CCC(C)(c1ccc(O)cc1)c1ccc(O)cc1)(c1ccc(O)cc1)c1ccc(O)cc1. The van der Waals surface area contributed by atoms with Crippen molar-refractivity contribution in [2.24, 2.45) is 0 Å². The van der Waals surface area contributed by atoms with Gasteiger partial charge in [-0.25, -0.2) is 0 Å². The van der Waals surface area contributed by atoms with Crippen LogP contribution in [0.15, 0.2) is 97.1 Å². The first-order chi connectivity index (χ1) is 21.0. The summed E-state index contributed by atoms with van der Waals surface area (Å²) in [7, 11) is 0. The molecular weight excluding hydrogens is 556 g/mol. The monoisotopic (exact) mass is 596 g/mol. The highest BCUT2D eigenvalue weighted by atomic mass is 16.3. The van der Waals surface area contributed by atoms with E-state index < -0.39 is 10.8 Å². The third-order valence-electron chi connectivity index (χ3n) is 8.49. The Morgan fingerprint density at radius 1 is 0.477 bits per heavy atom. The average molecular weight is 597 g/mol. The van der Waals surface area contributed by atoms with Crippen molar-refractivity contribution < 1.29 is 30.0 Å². The maximum absolute atomic E-state index is 12.8. The Hall–Kier alpha value is -4.98. The van der Waals surface area contributed by atoms with Gasteiger partial charge in [-0.15, -0.1) is 0 Å². The van der Waals surface area contributed by atoms with Crippen LogP contribution >= 0.6 is 0 Å². The van der Waals surface area contributed by atoms with Gasteiger partial charge in [-0.1, -0.05) is 62.4 Å². The van der Waals surface area contributed by atoms with E-state index in [9.17, 15) is 30.0 Å². The van der Waals surface area contributed by atoms with Gasteiger partial charge < -0.3 is 31.1 Å². The van der Waals surface area contributed by atoms with Gasteiger partial charge in [-0.3, -0.25) is 9.59 Å². The molecule has 4 aromatic rings. The van der Waals surface area contributed by atoms with Crippen LogP contribution in [0.3, 0.4) is 0 Å². The average Bonchev–Trinajstić information content (AvgIpc) is 3.02. The number of nitrogens with one attached hydrogen (secondary N) is 2. The van der Waals surface area contributed by atoms with Gasteiger partial charge in [0, 0.05) is 36.8 Å². The summed E-state index contributed by atoms with van der Waals surface area (Å²) in [6.45, 7) is 4.63. The maximum atomic E-state index is 12.8. The van der Waals surface area contributed by atoms with Gasteiger partial charge in [0.25, 0.3) is 0 Å². The number of aromatic hydroxyl groups is 4. The van der Waals surface area contributed by atoms with Crippen LogP contribution < -0.4 is 10.6 Å². The van der Waals surface area contributed by atoms with E-state index >= 15 is 0 Å². The van der Waals surface area contributed by atoms with E-state index in [-0.39, 0.29) is 60.7 Å². The Morgan fingerprint density at radius 2 is 0.705 bits per heavy atom. The molecule has 0 aliphatic rings. The summed E-state index contributed by atoms with van der Waals surface area (Å²) >= 11 is 0. The van der Waals surface area contributed by atoms with Crippen LogP contribution in [0.25, 0.3) is 0 Å². The highest BCUT2D eigenvalue weighted by Crippen LogP contribution is 2.39. The van der Waals surface area contributed by atoms with Gasteiger partial charge in [0.05, 0.1) is 0 Å². The standard InChI is InChI=1S/C36H40N2O6/c1-35(25-3-11-29(39)12-4-25,26-5-13-30(40)14-6-26)21-19-33(43)37-23-24-38-34(44)20-22-36(2,27-7-15-31(41)16-8-27)28-9-17-32(42)18-10-28/h3-18,39-42H,19-24H2,1-2H3,(H,37,43)(H,38,44). The first-order valence-corrected chi connectivity index (χ1v) is 14.7. The van der Waals surface area contributed by atoms with Crippen molar-refractivity contribution >= 4 is 11.8 Å². The van der Waals surface area contributed by atoms with Crippen LogP contribution in [0.5, 0.6) is 23.0 Å².